The van der Waals surface area contributed by atoms with Crippen LogP contribution in [0.25, 0.3) is 10.2 Å². The number of thiophene rings is 1. The molecule has 2 heterocycles. The van der Waals surface area contributed by atoms with Gasteiger partial charge in [-0.15, -0.1) is 11.3 Å². The van der Waals surface area contributed by atoms with Gasteiger partial charge in [0.15, 0.2) is 0 Å². The summed E-state index contributed by atoms with van der Waals surface area (Å²) in [5.74, 6) is 0.969. The minimum Gasteiger partial charge on any atom is -0.307 e. The number of aromatic nitrogens is 2. The predicted octanol–water partition coefficient (Wildman–Crippen LogP) is 3.31. The predicted molar refractivity (Wildman–Crippen MR) is 93.3 cm³/mol. The molecule has 0 aliphatic heterocycles. The van der Waals surface area contributed by atoms with Gasteiger partial charge in [0.25, 0.3) is 5.56 Å². The molecule has 0 amide bonds. The van der Waals surface area contributed by atoms with Crippen molar-refractivity contribution in [2.75, 3.05) is 0 Å². The molecule has 122 valence electrons. The minimum absolute atomic E-state index is 0.236. The fraction of sp³-hybridized carbons (Fsp3) is 0.667. The van der Waals surface area contributed by atoms with Gasteiger partial charge in [-0.25, -0.2) is 4.98 Å². The average Bonchev–Trinajstić information content (AvgIpc) is 2.96. The number of hydrogen-bond donors (Lipinski definition) is 1. The van der Waals surface area contributed by atoms with E-state index >= 15 is 0 Å². The van der Waals surface area contributed by atoms with Crippen molar-refractivity contribution in [1.29, 1.82) is 0 Å². The Hall–Kier alpha value is -1.20. The number of hydrogen-bond acceptors (Lipinski definition) is 4. The van der Waals surface area contributed by atoms with Crippen LogP contribution >= 0.6 is 11.3 Å². The van der Waals surface area contributed by atoms with Gasteiger partial charge in [-0.05, 0) is 50.5 Å². The van der Waals surface area contributed by atoms with Gasteiger partial charge in [0.1, 0.15) is 10.7 Å². The highest BCUT2D eigenvalue weighted by molar-refractivity contribution is 7.18. The van der Waals surface area contributed by atoms with Crippen LogP contribution < -0.4 is 10.9 Å². The molecule has 0 atom stereocenters. The Balaban J connectivity index is 1.57. The summed E-state index contributed by atoms with van der Waals surface area (Å²) >= 11 is 1.76. The molecule has 23 heavy (non-hydrogen) atoms. The molecule has 5 rings (SSSR count). The third kappa shape index (κ3) is 2.36. The Kier molecular flexibility index (Phi) is 3.34. The molecule has 0 spiro atoms. The maximum Gasteiger partial charge on any atom is 0.262 e. The van der Waals surface area contributed by atoms with Gasteiger partial charge in [0.2, 0.25) is 0 Å². The van der Waals surface area contributed by atoms with Crippen molar-refractivity contribution in [2.24, 2.45) is 0 Å². The molecule has 1 N–H and O–H groups in total. The average molecular weight is 329 g/mol. The largest absolute Gasteiger partial charge is 0.307 e. The lowest BCUT2D eigenvalue weighted by Crippen LogP contribution is -2.31. The van der Waals surface area contributed by atoms with Crippen LogP contribution in [0.5, 0.6) is 0 Å². The zero-order valence-corrected chi connectivity index (χ0v) is 14.3. The van der Waals surface area contributed by atoms with E-state index in [1.54, 1.807) is 11.3 Å². The summed E-state index contributed by atoms with van der Waals surface area (Å²) in [5.41, 5.74) is 1.55. The summed E-state index contributed by atoms with van der Waals surface area (Å²) in [7, 11) is 0. The Labute approximate surface area is 139 Å². The van der Waals surface area contributed by atoms with Crippen LogP contribution in [-0.4, -0.2) is 15.6 Å². The first kappa shape index (κ1) is 14.2. The number of fused-ring (bicyclic) bond motifs is 3. The normalized spacial score (nSPS) is 21.4. The van der Waals surface area contributed by atoms with E-state index in [1.807, 2.05) is 4.57 Å². The van der Waals surface area contributed by atoms with E-state index in [0.717, 1.165) is 48.3 Å². The number of nitrogens with zero attached hydrogens (tertiary/aromatic N) is 2. The summed E-state index contributed by atoms with van der Waals surface area (Å²) in [6.07, 6.45) is 10.9. The second-order valence-corrected chi connectivity index (χ2v) is 8.42. The van der Waals surface area contributed by atoms with E-state index in [0.29, 0.717) is 12.1 Å². The van der Waals surface area contributed by atoms with Gasteiger partial charge in [0.05, 0.1) is 11.9 Å². The monoisotopic (exact) mass is 329 g/mol. The lowest BCUT2D eigenvalue weighted by molar-refractivity contribution is 0.494. The van der Waals surface area contributed by atoms with Crippen molar-refractivity contribution >= 4 is 21.6 Å². The Morgan fingerprint density at radius 3 is 2.74 bits per heavy atom. The van der Waals surface area contributed by atoms with Gasteiger partial charge >= 0.3 is 0 Å². The summed E-state index contributed by atoms with van der Waals surface area (Å²) in [6.45, 7) is 0.745. The highest BCUT2D eigenvalue weighted by Crippen LogP contribution is 2.38. The third-order valence-electron chi connectivity index (χ3n) is 5.66. The highest BCUT2D eigenvalue weighted by Gasteiger charge is 2.31. The Morgan fingerprint density at radius 2 is 1.96 bits per heavy atom. The van der Waals surface area contributed by atoms with Crippen molar-refractivity contribution < 1.29 is 0 Å². The Bertz CT molecular complexity index is 812. The topological polar surface area (TPSA) is 46.9 Å². The van der Waals surface area contributed by atoms with Crippen LogP contribution in [0.3, 0.4) is 0 Å². The van der Waals surface area contributed by atoms with Crippen molar-refractivity contribution in [3.63, 3.8) is 0 Å². The Morgan fingerprint density at radius 1 is 1.13 bits per heavy atom. The lowest BCUT2D eigenvalue weighted by Gasteiger charge is -2.15. The van der Waals surface area contributed by atoms with Gasteiger partial charge in [0, 0.05) is 17.0 Å². The third-order valence-corrected chi connectivity index (χ3v) is 6.85. The summed E-state index contributed by atoms with van der Waals surface area (Å²) in [4.78, 5) is 20.5. The molecule has 2 aromatic rings. The molecule has 0 unspecified atom stereocenters. The maximum atomic E-state index is 13.1. The van der Waals surface area contributed by atoms with Gasteiger partial charge in [-0.2, -0.15) is 0 Å². The number of rotatable bonds is 4. The second-order valence-electron chi connectivity index (χ2n) is 7.33. The van der Waals surface area contributed by atoms with E-state index in [-0.39, 0.29) is 5.56 Å². The minimum atomic E-state index is 0.236. The first-order valence-corrected chi connectivity index (χ1v) is 9.92. The molecule has 0 radical (unpaired) electrons. The first-order valence-electron chi connectivity index (χ1n) is 9.10. The van der Waals surface area contributed by atoms with Gasteiger partial charge < -0.3 is 5.32 Å². The smallest absolute Gasteiger partial charge is 0.262 e. The van der Waals surface area contributed by atoms with Crippen molar-refractivity contribution in [3.05, 3.63) is 26.6 Å². The number of nitrogens with one attached hydrogen (secondary N) is 1. The molecule has 4 nitrogen and oxygen atoms in total. The van der Waals surface area contributed by atoms with Crippen LogP contribution in [-0.2, 0) is 19.4 Å². The quantitative estimate of drug-likeness (QED) is 0.936. The summed E-state index contributed by atoms with van der Waals surface area (Å²) < 4.78 is 2.02. The van der Waals surface area contributed by atoms with E-state index < -0.39 is 0 Å². The highest BCUT2D eigenvalue weighted by atomic mass is 32.1. The molecule has 3 aliphatic carbocycles. The molecule has 2 fully saturated rings. The van der Waals surface area contributed by atoms with Crippen LogP contribution in [0.15, 0.2) is 4.79 Å². The second kappa shape index (κ2) is 5.42. The SMILES string of the molecule is O=c1c2c3c(sc2nc(CNC2CCCC2)n1C1CC1)CCC3. The summed E-state index contributed by atoms with van der Waals surface area (Å²) in [6, 6.07) is 1.01. The molecule has 0 aromatic carbocycles. The van der Waals surface area contributed by atoms with E-state index in [1.165, 1.54) is 42.5 Å². The van der Waals surface area contributed by atoms with Crippen molar-refractivity contribution in [2.45, 2.75) is 76.4 Å². The van der Waals surface area contributed by atoms with Crippen LogP contribution in [0.4, 0.5) is 0 Å². The van der Waals surface area contributed by atoms with E-state index in [4.69, 9.17) is 4.98 Å². The molecule has 3 aliphatic rings. The molecule has 0 saturated heterocycles. The van der Waals surface area contributed by atoms with Crippen molar-refractivity contribution in [3.8, 4) is 0 Å². The fourth-order valence-electron chi connectivity index (χ4n) is 4.30. The molecular formula is C18H23N3OS. The van der Waals surface area contributed by atoms with Gasteiger partial charge in [-0.1, -0.05) is 12.8 Å². The zero-order valence-electron chi connectivity index (χ0n) is 13.4. The molecule has 0 bridgehead atoms. The molecule has 2 saturated carbocycles. The van der Waals surface area contributed by atoms with Crippen LogP contribution in [0.1, 0.15) is 67.3 Å². The maximum absolute atomic E-state index is 13.1. The molecule has 5 heteroatoms. The summed E-state index contributed by atoms with van der Waals surface area (Å²) in [5, 5.41) is 4.59. The first-order chi connectivity index (χ1) is 11.3. The van der Waals surface area contributed by atoms with Crippen LogP contribution in [0.2, 0.25) is 0 Å². The standard InChI is InChI=1S/C18H23N3OS/c22-18-16-13-6-3-7-14(13)23-17(16)20-15(21(18)12-8-9-12)10-19-11-4-1-2-5-11/h11-12,19H,1-10H2. The molecule has 2 aromatic heterocycles. The van der Waals surface area contributed by atoms with Crippen molar-refractivity contribution in [1.82, 2.24) is 14.9 Å². The van der Waals surface area contributed by atoms with E-state index in [2.05, 4.69) is 5.32 Å². The zero-order chi connectivity index (χ0) is 15.4. The molecular weight excluding hydrogens is 306 g/mol. The number of aryl methyl sites for hydroxylation is 2. The fourth-order valence-corrected chi connectivity index (χ4v) is 5.57. The van der Waals surface area contributed by atoms with E-state index in [9.17, 15) is 4.79 Å². The lowest BCUT2D eigenvalue weighted by atomic mass is 10.2. The van der Waals surface area contributed by atoms with Gasteiger partial charge in [-0.3, -0.25) is 9.36 Å². The van der Waals surface area contributed by atoms with Crippen LogP contribution in [0, 0.1) is 0 Å².